The van der Waals surface area contributed by atoms with Gasteiger partial charge in [0.1, 0.15) is 0 Å². The SMILES string of the molecule is CCc1cccc(NCc2ccc(C(N)=O)cc2)c1. The van der Waals surface area contributed by atoms with E-state index in [2.05, 4.69) is 36.5 Å². The van der Waals surface area contributed by atoms with Crippen LogP contribution in [0.4, 0.5) is 5.69 Å². The normalized spacial score (nSPS) is 10.2. The number of primary amides is 1. The molecule has 0 radical (unpaired) electrons. The largest absolute Gasteiger partial charge is 0.381 e. The lowest BCUT2D eigenvalue weighted by molar-refractivity contribution is 0.100. The fourth-order valence-electron chi connectivity index (χ4n) is 1.89. The summed E-state index contributed by atoms with van der Waals surface area (Å²) >= 11 is 0. The van der Waals surface area contributed by atoms with Gasteiger partial charge in [0.15, 0.2) is 0 Å². The number of hydrogen-bond donors (Lipinski definition) is 2. The molecule has 0 saturated carbocycles. The van der Waals surface area contributed by atoms with Gasteiger partial charge in [0.05, 0.1) is 0 Å². The summed E-state index contributed by atoms with van der Waals surface area (Å²) in [4.78, 5) is 11.0. The molecule has 0 bridgehead atoms. The van der Waals surface area contributed by atoms with Gasteiger partial charge in [0.25, 0.3) is 0 Å². The molecular weight excluding hydrogens is 236 g/mol. The predicted octanol–water partition coefficient (Wildman–Crippen LogP) is 2.96. The Hall–Kier alpha value is -2.29. The van der Waals surface area contributed by atoms with Crippen molar-refractivity contribution in [1.29, 1.82) is 0 Å². The van der Waals surface area contributed by atoms with Crippen molar-refractivity contribution >= 4 is 11.6 Å². The molecule has 1 amide bonds. The quantitative estimate of drug-likeness (QED) is 0.862. The van der Waals surface area contributed by atoms with E-state index in [9.17, 15) is 4.79 Å². The van der Waals surface area contributed by atoms with Gasteiger partial charge in [-0.3, -0.25) is 4.79 Å². The van der Waals surface area contributed by atoms with Crippen LogP contribution in [0.2, 0.25) is 0 Å². The molecule has 0 saturated heterocycles. The lowest BCUT2D eigenvalue weighted by Gasteiger charge is -2.08. The molecule has 0 aliphatic carbocycles. The van der Waals surface area contributed by atoms with Gasteiger partial charge in [-0.1, -0.05) is 31.2 Å². The van der Waals surface area contributed by atoms with Gasteiger partial charge in [-0.05, 0) is 41.8 Å². The number of amides is 1. The Balaban J connectivity index is 1.99. The first-order chi connectivity index (χ1) is 9.19. The number of nitrogens with two attached hydrogens (primary N) is 1. The van der Waals surface area contributed by atoms with Crippen molar-refractivity contribution in [3.05, 3.63) is 65.2 Å². The van der Waals surface area contributed by atoms with Crippen LogP contribution in [0.25, 0.3) is 0 Å². The zero-order valence-electron chi connectivity index (χ0n) is 11.0. The molecule has 98 valence electrons. The maximum absolute atomic E-state index is 11.0. The van der Waals surface area contributed by atoms with Crippen LogP contribution >= 0.6 is 0 Å². The van der Waals surface area contributed by atoms with Crippen LogP contribution in [0.3, 0.4) is 0 Å². The molecule has 3 nitrogen and oxygen atoms in total. The first kappa shape index (κ1) is 13.1. The maximum Gasteiger partial charge on any atom is 0.248 e. The Kier molecular flexibility index (Phi) is 4.18. The highest BCUT2D eigenvalue weighted by atomic mass is 16.1. The lowest BCUT2D eigenvalue weighted by Crippen LogP contribution is -2.10. The average molecular weight is 254 g/mol. The molecule has 0 aromatic heterocycles. The van der Waals surface area contributed by atoms with Crippen LogP contribution < -0.4 is 11.1 Å². The summed E-state index contributed by atoms with van der Waals surface area (Å²) in [6.45, 7) is 2.87. The summed E-state index contributed by atoms with van der Waals surface area (Å²) in [5, 5.41) is 3.37. The zero-order chi connectivity index (χ0) is 13.7. The Morgan fingerprint density at radius 1 is 1.11 bits per heavy atom. The van der Waals surface area contributed by atoms with Crippen LogP contribution in [-0.4, -0.2) is 5.91 Å². The summed E-state index contributed by atoms with van der Waals surface area (Å²) in [5.41, 5.74) is 9.29. The molecule has 0 aliphatic heterocycles. The highest BCUT2D eigenvalue weighted by Gasteiger charge is 2.00. The minimum Gasteiger partial charge on any atom is -0.381 e. The molecular formula is C16H18N2O. The van der Waals surface area contributed by atoms with Gasteiger partial charge < -0.3 is 11.1 Å². The average Bonchev–Trinajstić information content (AvgIpc) is 2.46. The zero-order valence-corrected chi connectivity index (χ0v) is 11.0. The van der Waals surface area contributed by atoms with E-state index < -0.39 is 5.91 Å². The van der Waals surface area contributed by atoms with Gasteiger partial charge in [-0.25, -0.2) is 0 Å². The second-order valence-electron chi connectivity index (χ2n) is 4.47. The molecule has 3 N–H and O–H groups in total. The number of anilines is 1. The molecule has 2 aromatic carbocycles. The van der Waals surface area contributed by atoms with Crippen molar-refractivity contribution in [2.75, 3.05) is 5.32 Å². The van der Waals surface area contributed by atoms with Gasteiger partial charge >= 0.3 is 0 Å². The number of carbonyl (C=O) groups excluding carboxylic acids is 1. The summed E-state index contributed by atoms with van der Waals surface area (Å²) in [6, 6.07) is 15.7. The fraction of sp³-hybridized carbons (Fsp3) is 0.188. The van der Waals surface area contributed by atoms with Crippen molar-refractivity contribution in [2.24, 2.45) is 5.73 Å². The second-order valence-corrected chi connectivity index (χ2v) is 4.47. The number of aryl methyl sites for hydroxylation is 1. The van der Waals surface area contributed by atoms with Gasteiger partial charge in [-0.15, -0.1) is 0 Å². The lowest BCUT2D eigenvalue weighted by atomic mass is 10.1. The van der Waals surface area contributed by atoms with E-state index in [1.54, 1.807) is 12.1 Å². The number of carbonyl (C=O) groups is 1. The molecule has 19 heavy (non-hydrogen) atoms. The van der Waals surface area contributed by atoms with Crippen LogP contribution in [0.15, 0.2) is 48.5 Å². The highest BCUT2D eigenvalue weighted by Crippen LogP contribution is 2.13. The molecule has 0 atom stereocenters. The molecule has 0 unspecified atom stereocenters. The standard InChI is InChI=1S/C16H18N2O/c1-2-12-4-3-5-15(10-12)18-11-13-6-8-14(9-7-13)16(17)19/h3-10,18H,2,11H2,1H3,(H2,17,19). The number of rotatable bonds is 5. The third-order valence-electron chi connectivity index (χ3n) is 3.07. The molecule has 0 aliphatic rings. The first-order valence-electron chi connectivity index (χ1n) is 6.40. The molecule has 2 rings (SSSR count). The molecule has 0 spiro atoms. The number of nitrogens with one attached hydrogen (secondary N) is 1. The Morgan fingerprint density at radius 2 is 1.84 bits per heavy atom. The third-order valence-corrected chi connectivity index (χ3v) is 3.07. The Morgan fingerprint density at radius 3 is 2.47 bits per heavy atom. The van der Waals surface area contributed by atoms with Crippen LogP contribution in [0, 0.1) is 0 Å². The topological polar surface area (TPSA) is 55.1 Å². The van der Waals surface area contributed by atoms with E-state index in [-0.39, 0.29) is 0 Å². The van der Waals surface area contributed by atoms with Crippen molar-refractivity contribution < 1.29 is 4.79 Å². The molecule has 0 fully saturated rings. The van der Waals surface area contributed by atoms with Crippen LogP contribution in [-0.2, 0) is 13.0 Å². The summed E-state index contributed by atoms with van der Waals surface area (Å²) in [5.74, 6) is -0.393. The van der Waals surface area contributed by atoms with E-state index in [0.717, 1.165) is 24.2 Å². The van der Waals surface area contributed by atoms with Crippen molar-refractivity contribution in [1.82, 2.24) is 0 Å². The predicted molar refractivity (Wildman–Crippen MR) is 78.1 cm³/mol. The van der Waals surface area contributed by atoms with Gasteiger partial charge in [0, 0.05) is 17.8 Å². The highest BCUT2D eigenvalue weighted by molar-refractivity contribution is 5.92. The monoisotopic (exact) mass is 254 g/mol. The molecule has 2 aromatic rings. The summed E-state index contributed by atoms with van der Waals surface area (Å²) in [6.07, 6.45) is 1.03. The summed E-state index contributed by atoms with van der Waals surface area (Å²) < 4.78 is 0. The smallest absolute Gasteiger partial charge is 0.248 e. The minimum atomic E-state index is -0.393. The van der Waals surface area contributed by atoms with Gasteiger partial charge in [0.2, 0.25) is 5.91 Å². The van der Waals surface area contributed by atoms with E-state index in [4.69, 9.17) is 5.73 Å². The molecule has 0 heterocycles. The third kappa shape index (κ3) is 3.58. The Bertz CT molecular complexity index is 561. The van der Waals surface area contributed by atoms with Crippen molar-refractivity contribution in [3.8, 4) is 0 Å². The van der Waals surface area contributed by atoms with Crippen LogP contribution in [0.5, 0.6) is 0 Å². The van der Waals surface area contributed by atoms with Crippen LogP contribution in [0.1, 0.15) is 28.4 Å². The minimum absolute atomic E-state index is 0.393. The second kappa shape index (κ2) is 6.05. The maximum atomic E-state index is 11.0. The molecule has 3 heteroatoms. The van der Waals surface area contributed by atoms with E-state index in [1.807, 2.05) is 12.1 Å². The number of hydrogen-bond acceptors (Lipinski definition) is 2. The van der Waals surface area contributed by atoms with Crippen molar-refractivity contribution in [3.63, 3.8) is 0 Å². The first-order valence-corrected chi connectivity index (χ1v) is 6.40. The van der Waals surface area contributed by atoms with Crippen molar-refractivity contribution in [2.45, 2.75) is 19.9 Å². The Labute approximate surface area is 113 Å². The van der Waals surface area contributed by atoms with E-state index in [0.29, 0.717) is 5.56 Å². The van der Waals surface area contributed by atoms with E-state index in [1.165, 1.54) is 5.56 Å². The number of benzene rings is 2. The van der Waals surface area contributed by atoms with E-state index >= 15 is 0 Å². The van der Waals surface area contributed by atoms with Gasteiger partial charge in [-0.2, -0.15) is 0 Å². The fourth-order valence-corrected chi connectivity index (χ4v) is 1.89. The summed E-state index contributed by atoms with van der Waals surface area (Å²) in [7, 11) is 0.